The molecule has 4 rings (SSSR count). The highest BCUT2D eigenvalue weighted by molar-refractivity contribution is 7.99. The Labute approximate surface area is 168 Å². The number of hydrogen-bond acceptors (Lipinski definition) is 4. The minimum absolute atomic E-state index is 0.176. The molecule has 27 heavy (non-hydrogen) atoms. The first-order chi connectivity index (χ1) is 13.2. The maximum absolute atomic E-state index is 12.2. The second-order valence-corrected chi connectivity index (χ2v) is 8.19. The number of nitrogens with one attached hydrogen (secondary N) is 1. The quantitative estimate of drug-likeness (QED) is 0.768. The summed E-state index contributed by atoms with van der Waals surface area (Å²) >= 11 is 8.41. The molecule has 1 fully saturated rings. The maximum Gasteiger partial charge on any atom is 0.248 e. The van der Waals surface area contributed by atoms with E-state index in [1.54, 1.807) is 6.08 Å². The van der Waals surface area contributed by atoms with E-state index in [-0.39, 0.29) is 5.91 Å². The van der Waals surface area contributed by atoms with Gasteiger partial charge in [-0.05, 0) is 47.5 Å². The number of benzene rings is 2. The van der Waals surface area contributed by atoms with Gasteiger partial charge >= 0.3 is 0 Å². The third-order valence-corrected chi connectivity index (χ3v) is 5.95. The van der Waals surface area contributed by atoms with Crippen LogP contribution in [0.5, 0.6) is 5.75 Å². The Balaban J connectivity index is 1.39. The second-order valence-electron chi connectivity index (χ2n) is 6.55. The summed E-state index contributed by atoms with van der Waals surface area (Å²) in [5.41, 5.74) is 3.92. The summed E-state index contributed by atoms with van der Waals surface area (Å²) in [5, 5.41) is 3.55. The number of fused-ring (bicyclic) bond motifs is 1. The SMILES string of the molecule is O=C(/C=C/c1ccc2c(c1)CCO2)Nc1ccc(N2CCSCC2)c(Cl)c1. The number of carbonyl (C=O) groups excluding carboxylic acids is 1. The molecule has 0 atom stereocenters. The van der Waals surface area contributed by atoms with Crippen molar-refractivity contribution in [1.82, 2.24) is 0 Å². The van der Waals surface area contributed by atoms with Gasteiger partial charge in [0.1, 0.15) is 5.75 Å². The lowest BCUT2D eigenvalue weighted by atomic mass is 10.1. The van der Waals surface area contributed by atoms with Gasteiger partial charge in [-0.2, -0.15) is 11.8 Å². The van der Waals surface area contributed by atoms with Crippen molar-refractivity contribution in [2.45, 2.75) is 6.42 Å². The standard InChI is InChI=1S/C21H21ClN2O2S/c22-18-14-17(3-4-19(18)24-8-11-27-12-9-24)23-21(25)6-2-15-1-5-20-16(13-15)7-10-26-20/h1-6,13-14H,7-12H2,(H,23,25)/b6-2+. The number of carbonyl (C=O) groups is 1. The number of halogens is 1. The van der Waals surface area contributed by atoms with E-state index in [9.17, 15) is 4.79 Å². The molecule has 0 bridgehead atoms. The Kier molecular flexibility index (Phi) is 5.60. The van der Waals surface area contributed by atoms with Crippen LogP contribution in [0.1, 0.15) is 11.1 Å². The van der Waals surface area contributed by atoms with Crippen molar-refractivity contribution < 1.29 is 9.53 Å². The van der Waals surface area contributed by atoms with Gasteiger partial charge in [0.2, 0.25) is 5.91 Å². The van der Waals surface area contributed by atoms with Crippen molar-refractivity contribution in [2.75, 3.05) is 41.4 Å². The Morgan fingerprint density at radius 2 is 2.04 bits per heavy atom. The van der Waals surface area contributed by atoms with Crippen LogP contribution < -0.4 is 15.0 Å². The van der Waals surface area contributed by atoms with Crippen molar-refractivity contribution in [3.05, 3.63) is 58.6 Å². The molecule has 2 aromatic rings. The molecule has 2 aliphatic heterocycles. The monoisotopic (exact) mass is 400 g/mol. The van der Waals surface area contributed by atoms with E-state index >= 15 is 0 Å². The van der Waals surface area contributed by atoms with Crippen LogP contribution in [-0.2, 0) is 11.2 Å². The number of amides is 1. The molecule has 140 valence electrons. The van der Waals surface area contributed by atoms with E-state index in [0.29, 0.717) is 10.7 Å². The largest absolute Gasteiger partial charge is 0.493 e. The fourth-order valence-corrected chi connectivity index (χ4v) is 4.51. The predicted octanol–water partition coefficient (Wildman–Crippen LogP) is 4.48. The molecule has 1 saturated heterocycles. The Morgan fingerprint density at radius 1 is 1.19 bits per heavy atom. The van der Waals surface area contributed by atoms with Gasteiger partial charge in [0, 0.05) is 42.8 Å². The van der Waals surface area contributed by atoms with E-state index in [0.717, 1.165) is 54.6 Å². The summed E-state index contributed by atoms with van der Waals surface area (Å²) in [6.07, 6.45) is 4.28. The van der Waals surface area contributed by atoms with Crippen LogP contribution in [0.2, 0.25) is 5.02 Å². The number of thioether (sulfide) groups is 1. The zero-order valence-corrected chi connectivity index (χ0v) is 16.5. The number of rotatable bonds is 4. The van der Waals surface area contributed by atoms with Gasteiger partial charge in [-0.15, -0.1) is 0 Å². The topological polar surface area (TPSA) is 41.6 Å². The van der Waals surface area contributed by atoms with Crippen LogP contribution >= 0.6 is 23.4 Å². The highest BCUT2D eigenvalue weighted by Crippen LogP contribution is 2.30. The number of ether oxygens (including phenoxy) is 1. The van der Waals surface area contributed by atoms with Crippen LogP contribution in [0.25, 0.3) is 6.08 Å². The van der Waals surface area contributed by atoms with Gasteiger partial charge in [-0.1, -0.05) is 17.7 Å². The van der Waals surface area contributed by atoms with Gasteiger partial charge in [-0.25, -0.2) is 0 Å². The van der Waals surface area contributed by atoms with Crippen LogP contribution in [0, 0.1) is 0 Å². The highest BCUT2D eigenvalue weighted by atomic mass is 35.5. The summed E-state index contributed by atoms with van der Waals surface area (Å²) in [7, 11) is 0. The molecule has 2 aromatic carbocycles. The first kappa shape index (κ1) is 18.3. The van der Waals surface area contributed by atoms with Gasteiger partial charge in [0.05, 0.1) is 17.3 Å². The minimum atomic E-state index is -0.176. The molecule has 2 heterocycles. The third kappa shape index (κ3) is 4.42. The van der Waals surface area contributed by atoms with Crippen LogP contribution in [0.4, 0.5) is 11.4 Å². The summed E-state index contributed by atoms with van der Waals surface area (Å²) in [6.45, 7) is 2.74. The summed E-state index contributed by atoms with van der Waals surface area (Å²) in [5.74, 6) is 3.01. The molecule has 0 unspecified atom stereocenters. The molecular formula is C21H21ClN2O2S. The number of nitrogens with zero attached hydrogens (tertiary/aromatic N) is 1. The zero-order chi connectivity index (χ0) is 18.6. The van der Waals surface area contributed by atoms with Crippen molar-refractivity contribution in [3.63, 3.8) is 0 Å². The van der Waals surface area contributed by atoms with Gasteiger partial charge in [0.25, 0.3) is 0 Å². The van der Waals surface area contributed by atoms with Gasteiger partial charge < -0.3 is 15.0 Å². The third-order valence-electron chi connectivity index (χ3n) is 4.71. The Hall–Kier alpha value is -2.11. The second kappa shape index (κ2) is 8.28. The average molecular weight is 401 g/mol. The number of hydrogen-bond donors (Lipinski definition) is 1. The van der Waals surface area contributed by atoms with Crippen LogP contribution in [0.3, 0.4) is 0 Å². The van der Waals surface area contributed by atoms with Gasteiger partial charge in [0.15, 0.2) is 0 Å². The van der Waals surface area contributed by atoms with Gasteiger partial charge in [-0.3, -0.25) is 4.79 Å². The Morgan fingerprint density at radius 3 is 2.85 bits per heavy atom. The predicted molar refractivity (Wildman–Crippen MR) is 114 cm³/mol. The summed E-state index contributed by atoms with van der Waals surface area (Å²) in [4.78, 5) is 14.5. The highest BCUT2D eigenvalue weighted by Gasteiger charge is 2.15. The first-order valence-corrected chi connectivity index (χ1v) is 10.6. The molecule has 0 spiro atoms. The minimum Gasteiger partial charge on any atom is -0.493 e. The molecule has 6 heteroatoms. The lowest BCUT2D eigenvalue weighted by Crippen LogP contribution is -2.32. The van der Waals surface area contributed by atoms with Crippen molar-refractivity contribution in [3.8, 4) is 5.75 Å². The fourth-order valence-electron chi connectivity index (χ4n) is 3.31. The van der Waals surface area contributed by atoms with Crippen LogP contribution in [-0.4, -0.2) is 37.1 Å². The first-order valence-electron chi connectivity index (χ1n) is 9.06. The molecular weight excluding hydrogens is 380 g/mol. The Bertz CT molecular complexity index is 878. The van der Waals surface area contributed by atoms with E-state index in [4.69, 9.17) is 16.3 Å². The molecule has 0 aromatic heterocycles. The molecule has 4 nitrogen and oxygen atoms in total. The lowest BCUT2D eigenvalue weighted by Gasteiger charge is -2.29. The molecule has 1 N–H and O–H groups in total. The van der Waals surface area contributed by atoms with E-state index in [2.05, 4.69) is 16.3 Å². The zero-order valence-electron chi connectivity index (χ0n) is 14.9. The maximum atomic E-state index is 12.2. The van der Waals surface area contributed by atoms with Crippen molar-refractivity contribution in [1.29, 1.82) is 0 Å². The lowest BCUT2D eigenvalue weighted by molar-refractivity contribution is -0.111. The summed E-state index contributed by atoms with van der Waals surface area (Å²) < 4.78 is 5.50. The normalized spacial score (nSPS) is 16.3. The molecule has 0 aliphatic carbocycles. The van der Waals surface area contributed by atoms with E-state index < -0.39 is 0 Å². The number of anilines is 2. The van der Waals surface area contributed by atoms with E-state index in [1.165, 1.54) is 5.56 Å². The summed E-state index contributed by atoms with van der Waals surface area (Å²) in [6, 6.07) is 11.7. The molecule has 0 saturated carbocycles. The molecule has 2 aliphatic rings. The average Bonchev–Trinajstić information content (AvgIpc) is 3.15. The van der Waals surface area contributed by atoms with Crippen molar-refractivity contribution in [2.24, 2.45) is 0 Å². The fraction of sp³-hybridized carbons (Fsp3) is 0.286. The smallest absolute Gasteiger partial charge is 0.248 e. The molecule has 0 radical (unpaired) electrons. The molecule has 1 amide bonds. The van der Waals surface area contributed by atoms with E-state index in [1.807, 2.05) is 48.2 Å². The van der Waals surface area contributed by atoms with Crippen LogP contribution in [0.15, 0.2) is 42.5 Å². The van der Waals surface area contributed by atoms with Crippen molar-refractivity contribution >= 4 is 46.7 Å².